The van der Waals surface area contributed by atoms with E-state index in [0.29, 0.717) is 0 Å². The number of hydrogen-bond donors (Lipinski definition) is 4. The van der Waals surface area contributed by atoms with Crippen LogP contribution >= 0.6 is 7.82 Å². The smallest absolute Gasteiger partial charge is 0.384 e. The van der Waals surface area contributed by atoms with Gasteiger partial charge in [-0.25, -0.2) is 4.57 Å². The van der Waals surface area contributed by atoms with Crippen LogP contribution in [0, 0.1) is 0 Å². The zero-order valence-electron chi connectivity index (χ0n) is 11.5. The Labute approximate surface area is 128 Å². The molecule has 12 heteroatoms. The van der Waals surface area contributed by atoms with Crippen LogP contribution in [0.1, 0.15) is 16.6 Å². The van der Waals surface area contributed by atoms with Crippen molar-refractivity contribution in [2.24, 2.45) is 5.73 Å². The summed E-state index contributed by atoms with van der Waals surface area (Å²) in [5.74, 6) is -4.63. The number of nitrogens with two attached hydrogens (primary N) is 1. The fourth-order valence-electron chi connectivity index (χ4n) is 2.08. The average molecular weight is 355 g/mol. The van der Waals surface area contributed by atoms with Gasteiger partial charge >= 0.3 is 20.0 Å². The van der Waals surface area contributed by atoms with Crippen molar-refractivity contribution in [3.05, 3.63) is 30.1 Å². The molecule has 3 atom stereocenters. The average Bonchev–Trinajstić information content (AvgIpc) is 2.67. The van der Waals surface area contributed by atoms with E-state index in [2.05, 4.69) is 4.52 Å². The van der Waals surface area contributed by atoms with Gasteiger partial charge in [0.25, 0.3) is 5.91 Å². The molecule has 0 aromatic carbocycles. The first-order chi connectivity index (χ1) is 10.5. The SMILES string of the molecule is NC(=O)c1ccc[n+]([C@@H]2O[C@H](COP(=O)(O)O)C(O)C2(F)F)c1. The van der Waals surface area contributed by atoms with Crippen LogP contribution in [0.3, 0.4) is 0 Å². The second-order valence-electron chi connectivity index (χ2n) is 4.84. The molecule has 1 aliphatic rings. The molecule has 9 nitrogen and oxygen atoms in total. The number of ether oxygens (including phenoxy) is 1. The summed E-state index contributed by atoms with van der Waals surface area (Å²) in [5.41, 5.74) is 5.00. The maximum absolute atomic E-state index is 14.1. The van der Waals surface area contributed by atoms with E-state index < -0.39 is 44.7 Å². The number of hydrogen-bond acceptors (Lipinski definition) is 5. The summed E-state index contributed by atoms with van der Waals surface area (Å²) in [6.45, 7) is -0.937. The summed E-state index contributed by atoms with van der Waals surface area (Å²) in [6.07, 6.45) is -3.85. The van der Waals surface area contributed by atoms with E-state index in [4.69, 9.17) is 20.3 Å². The Bertz CT molecular complexity index is 653. The third-order valence-corrected chi connectivity index (χ3v) is 3.65. The van der Waals surface area contributed by atoms with Crippen molar-refractivity contribution in [3.63, 3.8) is 0 Å². The van der Waals surface area contributed by atoms with E-state index in [0.717, 1.165) is 10.8 Å². The van der Waals surface area contributed by atoms with Crippen molar-refractivity contribution in [1.29, 1.82) is 0 Å². The number of pyridine rings is 1. The van der Waals surface area contributed by atoms with Gasteiger partial charge in [-0.15, -0.1) is 0 Å². The van der Waals surface area contributed by atoms with Crippen LogP contribution in [-0.2, 0) is 13.8 Å². The van der Waals surface area contributed by atoms with Crippen LogP contribution in [0.5, 0.6) is 0 Å². The molecule has 1 amide bonds. The second kappa shape index (κ2) is 6.19. The molecule has 2 heterocycles. The topological polar surface area (TPSA) is 143 Å². The summed E-state index contributed by atoms with van der Waals surface area (Å²) >= 11 is 0. The molecule has 1 aromatic rings. The number of alkyl halides is 2. The maximum atomic E-state index is 14.1. The molecule has 5 N–H and O–H groups in total. The minimum absolute atomic E-state index is 0.0590. The lowest BCUT2D eigenvalue weighted by molar-refractivity contribution is -0.775. The molecule has 2 rings (SSSR count). The number of carbonyl (C=O) groups excluding carboxylic acids is 1. The number of carbonyl (C=O) groups is 1. The van der Waals surface area contributed by atoms with Crippen molar-refractivity contribution in [2.75, 3.05) is 6.61 Å². The van der Waals surface area contributed by atoms with Gasteiger partial charge < -0.3 is 25.4 Å². The molecule has 0 bridgehead atoms. The van der Waals surface area contributed by atoms with Crippen LogP contribution in [0.2, 0.25) is 0 Å². The van der Waals surface area contributed by atoms with E-state index in [-0.39, 0.29) is 5.56 Å². The first-order valence-electron chi connectivity index (χ1n) is 6.24. The molecular weight excluding hydrogens is 341 g/mol. The number of rotatable bonds is 5. The van der Waals surface area contributed by atoms with Gasteiger partial charge in [0.15, 0.2) is 18.5 Å². The Morgan fingerprint density at radius 1 is 1.52 bits per heavy atom. The Morgan fingerprint density at radius 2 is 2.17 bits per heavy atom. The molecule has 0 aliphatic carbocycles. The molecule has 0 saturated carbocycles. The van der Waals surface area contributed by atoms with E-state index in [1.165, 1.54) is 18.3 Å². The maximum Gasteiger partial charge on any atom is 0.469 e. The van der Waals surface area contributed by atoms with Gasteiger partial charge in [-0.3, -0.25) is 9.32 Å². The molecule has 1 fully saturated rings. The van der Waals surface area contributed by atoms with Gasteiger partial charge in [-0.05, 0) is 6.07 Å². The van der Waals surface area contributed by atoms with Crippen LogP contribution in [0.25, 0.3) is 0 Å². The lowest BCUT2D eigenvalue weighted by atomic mass is 10.1. The van der Waals surface area contributed by atoms with Gasteiger partial charge in [0.1, 0.15) is 11.7 Å². The van der Waals surface area contributed by atoms with Gasteiger partial charge in [-0.1, -0.05) is 0 Å². The highest BCUT2D eigenvalue weighted by Crippen LogP contribution is 2.42. The van der Waals surface area contributed by atoms with Gasteiger partial charge in [0.2, 0.25) is 0 Å². The van der Waals surface area contributed by atoms with Gasteiger partial charge in [0.05, 0.1) is 6.61 Å². The van der Waals surface area contributed by atoms with Crippen LogP contribution in [-0.4, -0.2) is 45.5 Å². The number of aromatic nitrogens is 1. The van der Waals surface area contributed by atoms with E-state index in [9.17, 15) is 23.2 Å². The molecule has 23 heavy (non-hydrogen) atoms. The van der Waals surface area contributed by atoms with E-state index in [1.807, 2.05) is 0 Å². The monoisotopic (exact) mass is 355 g/mol. The fourth-order valence-corrected chi connectivity index (χ4v) is 2.42. The molecule has 1 unspecified atom stereocenters. The van der Waals surface area contributed by atoms with E-state index >= 15 is 0 Å². The van der Waals surface area contributed by atoms with Crippen molar-refractivity contribution in [2.45, 2.75) is 24.4 Å². The van der Waals surface area contributed by atoms with Crippen molar-refractivity contribution < 1.29 is 46.9 Å². The highest BCUT2D eigenvalue weighted by Gasteiger charge is 2.64. The molecule has 1 aromatic heterocycles. The number of halogens is 2. The minimum Gasteiger partial charge on any atom is -0.384 e. The third-order valence-electron chi connectivity index (χ3n) is 3.16. The summed E-state index contributed by atoms with van der Waals surface area (Å²) in [5, 5.41) is 9.61. The highest BCUT2D eigenvalue weighted by atomic mass is 31.2. The minimum atomic E-state index is -4.90. The summed E-state index contributed by atoms with van der Waals surface area (Å²) < 4.78 is 48.7. The molecule has 1 aliphatic heterocycles. The van der Waals surface area contributed by atoms with E-state index in [1.54, 1.807) is 0 Å². The van der Waals surface area contributed by atoms with Crippen molar-refractivity contribution in [1.82, 2.24) is 0 Å². The number of phosphoric ester groups is 1. The Hall–Kier alpha value is -1.49. The first kappa shape index (κ1) is 17.9. The first-order valence-corrected chi connectivity index (χ1v) is 7.77. The van der Waals surface area contributed by atoms with Gasteiger partial charge in [-0.2, -0.15) is 13.3 Å². The molecule has 1 saturated heterocycles. The van der Waals surface area contributed by atoms with Crippen LogP contribution in [0.4, 0.5) is 8.78 Å². The Morgan fingerprint density at radius 3 is 2.74 bits per heavy atom. The van der Waals surface area contributed by atoms with Crippen molar-refractivity contribution in [3.8, 4) is 0 Å². The lowest BCUT2D eigenvalue weighted by Gasteiger charge is -2.16. The predicted octanol–water partition coefficient (Wildman–Crippen LogP) is -0.924. The second-order valence-corrected chi connectivity index (χ2v) is 6.08. The fraction of sp³-hybridized carbons (Fsp3) is 0.455. The zero-order valence-corrected chi connectivity index (χ0v) is 12.3. The zero-order chi connectivity index (χ0) is 17.4. The Balaban J connectivity index is 2.24. The largest absolute Gasteiger partial charge is 0.469 e. The standard InChI is InChI=1S/C11H13F2N2O7P/c12-11(13)8(16)7(5-21-23(18,19)20)22-10(11)15-3-1-2-6(4-15)9(14)17/h1-4,7-8,10,16H,5H2,(H3-,14,17,18,19,20)/p+1/t7-,8?,10-/m1/s1. The number of primary amides is 1. The summed E-state index contributed by atoms with van der Waals surface area (Å²) in [7, 11) is -4.90. The quantitative estimate of drug-likeness (QED) is 0.395. The van der Waals surface area contributed by atoms with Crippen LogP contribution < -0.4 is 10.3 Å². The summed E-state index contributed by atoms with van der Waals surface area (Å²) in [6, 6.07) is 2.59. The van der Waals surface area contributed by atoms with Crippen LogP contribution in [0.15, 0.2) is 24.5 Å². The molecular formula is C11H14F2N2O7P+. The Kier molecular flexibility index (Phi) is 4.81. The third kappa shape index (κ3) is 3.89. The number of aliphatic hydroxyl groups is 1. The molecule has 128 valence electrons. The number of phosphoric acid groups is 1. The number of amides is 1. The number of aliphatic hydroxyl groups excluding tert-OH is 1. The highest BCUT2D eigenvalue weighted by molar-refractivity contribution is 7.46. The normalized spacial score (nSPS) is 27.1. The molecule has 0 spiro atoms. The predicted molar refractivity (Wildman–Crippen MR) is 68.0 cm³/mol. The summed E-state index contributed by atoms with van der Waals surface area (Å²) in [4.78, 5) is 28.3. The van der Waals surface area contributed by atoms with Crippen molar-refractivity contribution >= 4 is 13.7 Å². The van der Waals surface area contributed by atoms with Gasteiger partial charge in [0, 0.05) is 6.07 Å². The number of nitrogens with zero attached hydrogens (tertiary/aromatic N) is 1. The lowest BCUT2D eigenvalue weighted by Crippen LogP contribution is -2.50. The molecule has 0 radical (unpaired) electrons.